The summed E-state index contributed by atoms with van der Waals surface area (Å²) in [5.74, 6) is -0.319. The lowest BCUT2D eigenvalue weighted by Gasteiger charge is -2.16. The van der Waals surface area contributed by atoms with Gasteiger partial charge in [-0.05, 0) is 30.4 Å². The first-order valence-corrected chi connectivity index (χ1v) is 8.46. The smallest absolute Gasteiger partial charge is 0.224 e. The number of carbonyl (C=O) groups is 1. The molecule has 1 N–H and O–H groups in total. The normalized spacial score (nSPS) is 28.0. The molecule has 0 bridgehead atoms. The van der Waals surface area contributed by atoms with E-state index in [-0.39, 0.29) is 29.4 Å². The molecule has 5 heteroatoms. The lowest BCUT2D eigenvalue weighted by atomic mass is 10.1. The molecule has 1 aromatic rings. The third-order valence-electron chi connectivity index (χ3n) is 4.05. The molecule has 2 aliphatic rings. The van der Waals surface area contributed by atoms with Gasteiger partial charge < -0.3 is 5.32 Å². The highest BCUT2D eigenvalue weighted by atomic mass is 32.2. The second kappa shape index (κ2) is 4.63. The van der Waals surface area contributed by atoms with Gasteiger partial charge in [0.25, 0.3) is 0 Å². The van der Waals surface area contributed by atoms with Gasteiger partial charge in [-0.15, -0.1) is 0 Å². The van der Waals surface area contributed by atoms with Crippen molar-refractivity contribution in [3.8, 4) is 0 Å². The lowest BCUT2D eigenvalue weighted by molar-refractivity contribution is -0.125. The number of aryl methyl sites for hydroxylation is 1. The molecule has 0 aromatic heterocycles. The van der Waals surface area contributed by atoms with Crippen LogP contribution in [0.5, 0.6) is 0 Å². The number of nitrogens with one attached hydrogen (secondary N) is 1. The molecule has 1 saturated heterocycles. The van der Waals surface area contributed by atoms with Crippen LogP contribution in [0.4, 0.5) is 0 Å². The molecule has 0 radical (unpaired) electrons. The molecule has 102 valence electrons. The fourth-order valence-corrected chi connectivity index (χ4v) is 4.74. The second-order valence-corrected chi connectivity index (χ2v) is 7.63. The molecule has 4 nitrogen and oxygen atoms in total. The highest BCUT2D eigenvalue weighted by Gasteiger charge is 2.34. The van der Waals surface area contributed by atoms with E-state index in [1.165, 1.54) is 11.1 Å². The van der Waals surface area contributed by atoms with Gasteiger partial charge in [-0.2, -0.15) is 0 Å². The van der Waals surface area contributed by atoms with Crippen molar-refractivity contribution < 1.29 is 13.2 Å². The molecule has 3 rings (SSSR count). The van der Waals surface area contributed by atoms with Gasteiger partial charge in [0, 0.05) is 0 Å². The summed E-state index contributed by atoms with van der Waals surface area (Å²) in [6, 6.07) is 8.16. The maximum absolute atomic E-state index is 12.1. The van der Waals surface area contributed by atoms with Crippen molar-refractivity contribution in [1.29, 1.82) is 0 Å². The van der Waals surface area contributed by atoms with Gasteiger partial charge in [-0.1, -0.05) is 24.3 Å². The first kappa shape index (κ1) is 12.7. The predicted octanol–water partition coefficient (Wildman–Crippen LogP) is 1.22. The molecule has 0 spiro atoms. The summed E-state index contributed by atoms with van der Waals surface area (Å²) in [5.41, 5.74) is 2.46. The number of sulfone groups is 1. The molecular weight excluding hydrogens is 262 g/mol. The van der Waals surface area contributed by atoms with E-state index in [4.69, 9.17) is 0 Å². The van der Waals surface area contributed by atoms with Crippen molar-refractivity contribution in [2.45, 2.75) is 25.3 Å². The summed E-state index contributed by atoms with van der Waals surface area (Å²) < 4.78 is 22.8. The zero-order valence-electron chi connectivity index (χ0n) is 10.6. The maximum atomic E-state index is 12.1. The van der Waals surface area contributed by atoms with Crippen LogP contribution in [0.2, 0.25) is 0 Å². The molecule has 0 unspecified atom stereocenters. The van der Waals surface area contributed by atoms with Gasteiger partial charge in [0.2, 0.25) is 5.91 Å². The molecule has 1 amide bonds. The van der Waals surface area contributed by atoms with Crippen LogP contribution >= 0.6 is 0 Å². The molecule has 1 heterocycles. The van der Waals surface area contributed by atoms with Gasteiger partial charge in [-0.3, -0.25) is 4.79 Å². The van der Waals surface area contributed by atoms with Crippen LogP contribution < -0.4 is 5.32 Å². The zero-order valence-corrected chi connectivity index (χ0v) is 11.4. The number of benzene rings is 1. The summed E-state index contributed by atoms with van der Waals surface area (Å²) in [6.07, 6.45) is 2.34. The maximum Gasteiger partial charge on any atom is 0.224 e. The summed E-state index contributed by atoms with van der Waals surface area (Å²) >= 11 is 0. The van der Waals surface area contributed by atoms with Crippen molar-refractivity contribution in [2.24, 2.45) is 5.92 Å². The van der Waals surface area contributed by atoms with Gasteiger partial charge in [-0.25, -0.2) is 8.42 Å². The Labute approximate surface area is 113 Å². The predicted molar refractivity (Wildman–Crippen MR) is 72.4 cm³/mol. The molecule has 19 heavy (non-hydrogen) atoms. The Balaban J connectivity index is 1.69. The fraction of sp³-hybridized carbons (Fsp3) is 0.500. The minimum atomic E-state index is -3.00. The Morgan fingerprint density at radius 1 is 1.21 bits per heavy atom. The minimum Gasteiger partial charge on any atom is -0.349 e. The summed E-state index contributed by atoms with van der Waals surface area (Å²) in [6.45, 7) is 0. The molecule has 0 saturated carbocycles. The number of hydrogen-bond donors (Lipinski definition) is 1. The van der Waals surface area contributed by atoms with E-state index in [9.17, 15) is 13.2 Å². The molecular formula is C14H17NO3S. The Hall–Kier alpha value is -1.36. The van der Waals surface area contributed by atoms with Crippen molar-refractivity contribution in [3.05, 3.63) is 35.4 Å². The topological polar surface area (TPSA) is 63.2 Å². The van der Waals surface area contributed by atoms with Crippen LogP contribution in [0.25, 0.3) is 0 Å². The molecule has 1 aromatic carbocycles. The fourth-order valence-electron chi connectivity index (χ4n) is 3.00. The average molecular weight is 279 g/mol. The summed E-state index contributed by atoms with van der Waals surface area (Å²) in [4.78, 5) is 12.1. The van der Waals surface area contributed by atoms with Crippen LogP contribution in [0.15, 0.2) is 24.3 Å². The summed E-state index contributed by atoms with van der Waals surface area (Å²) in [7, 11) is -3.00. The van der Waals surface area contributed by atoms with E-state index < -0.39 is 9.84 Å². The van der Waals surface area contributed by atoms with Crippen LogP contribution in [-0.4, -0.2) is 25.8 Å². The van der Waals surface area contributed by atoms with E-state index in [1.54, 1.807) is 0 Å². The lowest BCUT2D eigenvalue weighted by Crippen LogP contribution is -2.33. The number of carbonyl (C=O) groups excluding carboxylic acids is 1. The SMILES string of the molecule is O=C(N[C@H]1CCc2ccccc21)[C@H]1CCS(=O)(=O)C1. The molecule has 1 fully saturated rings. The van der Waals surface area contributed by atoms with Crippen molar-refractivity contribution >= 4 is 15.7 Å². The van der Waals surface area contributed by atoms with Gasteiger partial charge in [0.15, 0.2) is 9.84 Å². The molecule has 2 atom stereocenters. The van der Waals surface area contributed by atoms with Crippen LogP contribution in [-0.2, 0) is 21.1 Å². The van der Waals surface area contributed by atoms with E-state index in [1.807, 2.05) is 18.2 Å². The molecule has 1 aliphatic carbocycles. The number of rotatable bonds is 2. The van der Waals surface area contributed by atoms with Crippen LogP contribution in [0.1, 0.15) is 30.0 Å². The Kier molecular flexibility index (Phi) is 3.09. The third-order valence-corrected chi connectivity index (χ3v) is 5.82. The van der Waals surface area contributed by atoms with Crippen molar-refractivity contribution in [2.75, 3.05) is 11.5 Å². The quantitative estimate of drug-likeness (QED) is 0.885. The van der Waals surface area contributed by atoms with Gasteiger partial charge in [0.05, 0.1) is 23.5 Å². The Bertz CT molecular complexity index is 609. The van der Waals surface area contributed by atoms with Crippen molar-refractivity contribution in [1.82, 2.24) is 5.32 Å². The van der Waals surface area contributed by atoms with E-state index in [2.05, 4.69) is 11.4 Å². The largest absolute Gasteiger partial charge is 0.349 e. The first-order valence-electron chi connectivity index (χ1n) is 6.64. The third kappa shape index (κ3) is 2.52. The number of hydrogen-bond acceptors (Lipinski definition) is 3. The monoisotopic (exact) mass is 279 g/mol. The van der Waals surface area contributed by atoms with Gasteiger partial charge >= 0.3 is 0 Å². The van der Waals surface area contributed by atoms with E-state index in [0.29, 0.717) is 6.42 Å². The second-order valence-electron chi connectivity index (χ2n) is 5.40. The van der Waals surface area contributed by atoms with E-state index >= 15 is 0 Å². The Morgan fingerprint density at radius 3 is 2.74 bits per heavy atom. The average Bonchev–Trinajstić information content (AvgIpc) is 2.94. The standard InChI is InChI=1S/C14H17NO3S/c16-14(11-7-8-19(17,18)9-11)15-13-6-5-10-3-1-2-4-12(10)13/h1-4,11,13H,5-9H2,(H,15,16)/t11-,13-/m0/s1. The van der Waals surface area contributed by atoms with E-state index in [0.717, 1.165) is 12.8 Å². The highest BCUT2D eigenvalue weighted by molar-refractivity contribution is 7.91. The van der Waals surface area contributed by atoms with Gasteiger partial charge in [0.1, 0.15) is 0 Å². The summed E-state index contributed by atoms with van der Waals surface area (Å²) in [5, 5.41) is 3.01. The van der Waals surface area contributed by atoms with Crippen LogP contribution in [0.3, 0.4) is 0 Å². The molecule has 1 aliphatic heterocycles. The minimum absolute atomic E-state index is 0.00714. The number of amides is 1. The highest BCUT2D eigenvalue weighted by Crippen LogP contribution is 2.31. The Morgan fingerprint density at radius 2 is 2.00 bits per heavy atom. The van der Waals surface area contributed by atoms with Crippen molar-refractivity contribution in [3.63, 3.8) is 0 Å². The number of fused-ring (bicyclic) bond motifs is 1. The zero-order chi connectivity index (χ0) is 13.5. The first-order chi connectivity index (χ1) is 9.05. The van der Waals surface area contributed by atoms with Crippen LogP contribution in [0, 0.1) is 5.92 Å².